The van der Waals surface area contributed by atoms with E-state index in [9.17, 15) is 9.90 Å². The molecule has 14 heavy (non-hydrogen) atoms. The van der Waals surface area contributed by atoms with Crippen LogP contribution >= 0.6 is 0 Å². The van der Waals surface area contributed by atoms with Gasteiger partial charge in [-0.3, -0.25) is 4.79 Å². The van der Waals surface area contributed by atoms with Crippen LogP contribution in [0.2, 0.25) is 0 Å². The summed E-state index contributed by atoms with van der Waals surface area (Å²) < 4.78 is 5.13. The minimum absolute atomic E-state index is 0.237. The molecule has 0 radical (unpaired) electrons. The fraction of sp³-hybridized carbons (Fsp3) is 0.333. The van der Waals surface area contributed by atoms with Gasteiger partial charge in [0.25, 0.3) is 5.91 Å². The van der Waals surface area contributed by atoms with Crippen molar-refractivity contribution in [1.82, 2.24) is 4.98 Å². The summed E-state index contributed by atoms with van der Waals surface area (Å²) in [5, 5.41) is 9.41. The molecule has 1 aromatic rings. The lowest BCUT2D eigenvalue weighted by Crippen LogP contribution is -2.21. The van der Waals surface area contributed by atoms with Gasteiger partial charge in [-0.1, -0.05) is 0 Å². The van der Waals surface area contributed by atoms with Crippen LogP contribution in [0.25, 0.3) is 0 Å². The second-order valence-electron chi connectivity index (χ2n) is 2.64. The topological polar surface area (TPSA) is 85.4 Å². The lowest BCUT2D eigenvalue weighted by molar-refractivity contribution is -0.126. The molecule has 0 bridgehead atoms. The molecule has 0 saturated heterocycles. The highest BCUT2D eigenvalue weighted by Gasteiger charge is 2.18. The van der Waals surface area contributed by atoms with E-state index in [1.54, 1.807) is 19.1 Å². The lowest BCUT2D eigenvalue weighted by atomic mass is 10.1. The van der Waals surface area contributed by atoms with Crippen LogP contribution in [0.5, 0.6) is 5.88 Å². The molecule has 1 unspecified atom stereocenters. The Morgan fingerprint density at radius 3 is 3.07 bits per heavy atom. The Labute approximate surface area is 81.5 Å². The number of rotatable bonds is 4. The van der Waals surface area contributed by atoms with Crippen molar-refractivity contribution >= 4 is 5.91 Å². The van der Waals surface area contributed by atoms with E-state index in [0.29, 0.717) is 12.2 Å². The summed E-state index contributed by atoms with van der Waals surface area (Å²) in [6.07, 6.45) is 0.146. The van der Waals surface area contributed by atoms with Gasteiger partial charge in [-0.15, -0.1) is 0 Å². The molecule has 0 aliphatic rings. The maximum absolute atomic E-state index is 10.7. The Morgan fingerprint density at radius 2 is 2.50 bits per heavy atom. The first-order valence-corrected chi connectivity index (χ1v) is 4.22. The zero-order valence-corrected chi connectivity index (χ0v) is 7.80. The predicted octanol–water partition coefficient (Wildman–Crippen LogP) is -0.001000. The van der Waals surface area contributed by atoms with Gasteiger partial charge >= 0.3 is 0 Å². The molecular weight excluding hydrogens is 184 g/mol. The normalized spacial score (nSPS) is 12.1. The van der Waals surface area contributed by atoms with Crippen LogP contribution in [0.4, 0.5) is 0 Å². The summed E-state index contributed by atoms with van der Waals surface area (Å²) in [6, 6.07) is 3.15. The number of aromatic nitrogens is 1. The molecule has 3 N–H and O–H groups in total. The number of nitrogens with zero attached hydrogens (tertiary/aromatic N) is 1. The van der Waals surface area contributed by atoms with Crippen molar-refractivity contribution < 1.29 is 14.6 Å². The molecule has 1 aromatic heterocycles. The number of aliphatic hydroxyl groups excluding tert-OH is 1. The quantitative estimate of drug-likeness (QED) is 0.709. The SMILES string of the molecule is CCOc1ncccc1C(O)C(N)=O. The summed E-state index contributed by atoms with van der Waals surface area (Å²) >= 11 is 0. The van der Waals surface area contributed by atoms with Crippen LogP contribution in [0, 0.1) is 0 Å². The third kappa shape index (κ3) is 2.20. The summed E-state index contributed by atoms with van der Waals surface area (Å²) in [4.78, 5) is 14.6. The van der Waals surface area contributed by atoms with Crippen molar-refractivity contribution in [3.05, 3.63) is 23.9 Å². The van der Waals surface area contributed by atoms with Crippen molar-refractivity contribution in [3.63, 3.8) is 0 Å². The number of hydrogen-bond donors (Lipinski definition) is 2. The number of nitrogens with two attached hydrogens (primary N) is 1. The summed E-state index contributed by atoms with van der Waals surface area (Å²) in [5.74, 6) is -0.583. The molecule has 0 aromatic carbocycles. The Kier molecular flexibility index (Phi) is 3.41. The number of aliphatic hydroxyl groups is 1. The Hall–Kier alpha value is -1.62. The molecule has 1 rings (SSSR count). The van der Waals surface area contributed by atoms with Gasteiger partial charge in [0, 0.05) is 6.20 Å². The van der Waals surface area contributed by atoms with Gasteiger partial charge in [-0.2, -0.15) is 0 Å². The van der Waals surface area contributed by atoms with E-state index in [2.05, 4.69) is 4.98 Å². The minimum atomic E-state index is -1.37. The molecular formula is C9H12N2O3. The number of pyridine rings is 1. The number of amides is 1. The van der Waals surface area contributed by atoms with E-state index in [-0.39, 0.29) is 5.88 Å². The number of carbonyl (C=O) groups is 1. The molecule has 0 fully saturated rings. The van der Waals surface area contributed by atoms with Gasteiger partial charge in [0.2, 0.25) is 5.88 Å². The number of ether oxygens (including phenoxy) is 1. The zero-order valence-electron chi connectivity index (χ0n) is 7.80. The van der Waals surface area contributed by atoms with Crippen LogP contribution in [-0.2, 0) is 4.79 Å². The lowest BCUT2D eigenvalue weighted by Gasteiger charge is -2.11. The monoisotopic (exact) mass is 196 g/mol. The van der Waals surface area contributed by atoms with E-state index in [1.165, 1.54) is 6.20 Å². The summed E-state index contributed by atoms with van der Waals surface area (Å²) in [7, 11) is 0. The second kappa shape index (κ2) is 4.57. The van der Waals surface area contributed by atoms with Gasteiger partial charge in [-0.25, -0.2) is 4.98 Å². The van der Waals surface area contributed by atoms with Gasteiger partial charge in [-0.05, 0) is 19.1 Å². The first-order valence-electron chi connectivity index (χ1n) is 4.22. The van der Waals surface area contributed by atoms with Crippen molar-refractivity contribution in [2.45, 2.75) is 13.0 Å². The van der Waals surface area contributed by atoms with Crippen LogP contribution in [-0.4, -0.2) is 22.6 Å². The van der Waals surface area contributed by atoms with Crippen LogP contribution in [0.3, 0.4) is 0 Å². The molecule has 1 heterocycles. The Bertz CT molecular complexity index is 328. The summed E-state index contributed by atoms with van der Waals surface area (Å²) in [5.41, 5.74) is 5.25. The van der Waals surface area contributed by atoms with E-state index in [0.717, 1.165) is 0 Å². The van der Waals surface area contributed by atoms with Crippen molar-refractivity contribution in [3.8, 4) is 5.88 Å². The third-order valence-corrected chi connectivity index (χ3v) is 1.65. The zero-order chi connectivity index (χ0) is 10.6. The van der Waals surface area contributed by atoms with Crippen molar-refractivity contribution in [2.24, 2.45) is 5.73 Å². The largest absolute Gasteiger partial charge is 0.478 e. The molecule has 0 aliphatic heterocycles. The first-order chi connectivity index (χ1) is 6.66. The van der Waals surface area contributed by atoms with Crippen LogP contribution < -0.4 is 10.5 Å². The molecule has 0 aliphatic carbocycles. The molecule has 76 valence electrons. The van der Waals surface area contributed by atoms with Gasteiger partial charge in [0.1, 0.15) is 0 Å². The molecule has 1 atom stereocenters. The van der Waals surface area contributed by atoms with Crippen LogP contribution in [0.1, 0.15) is 18.6 Å². The number of hydrogen-bond acceptors (Lipinski definition) is 4. The molecule has 0 spiro atoms. The highest BCUT2D eigenvalue weighted by molar-refractivity contribution is 5.80. The number of carbonyl (C=O) groups excluding carboxylic acids is 1. The highest BCUT2D eigenvalue weighted by atomic mass is 16.5. The van der Waals surface area contributed by atoms with Gasteiger partial charge in [0.15, 0.2) is 6.10 Å². The second-order valence-corrected chi connectivity index (χ2v) is 2.64. The third-order valence-electron chi connectivity index (χ3n) is 1.65. The first kappa shape index (κ1) is 10.5. The maximum Gasteiger partial charge on any atom is 0.251 e. The van der Waals surface area contributed by atoms with Crippen molar-refractivity contribution in [1.29, 1.82) is 0 Å². The average molecular weight is 196 g/mol. The summed E-state index contributed by atoms with van der Waals surface area (Å²) in [6.45, 7) is 2.20. The van der Waals surface area contributed by atoms with E-state index >= 15 is 0 Å². The average Bonchev–Trinajstić information content (AvgIpc) is 2.18. The predicted molar refractivity (Wildman–Crippen MR) is 49.6 cm³/mol. The molecule has 5 nitrogen and oxygen atoms in total. The fourth-order valence-corrected chi connectivity index (χ4v) is 1.02. The van der Waals surface area contributed by atoms with Gasteiger partial charge in [0.05, 0.1) is 12.2 Å². The van der Waals surface area contributed by atoms with Gasteiger partial charge < -0.3 is 15.6 Å². The minimum Gasteiger partial charge on any atom is -0.478 e. The van der Waals surface area contributed by atoms with Crippen molar-refractivity contribution in [2.75, 3.05) is 6.61 Å². The smallest absolute Gasteiger partial charge is 0.251 e. The highest BCUT2D eigenvalue weighted by Crippen LogP contribution is 2.21. The molecule has 5 heteroatoms. The van der Waals surface area contributed by atoms with E-state index in [1.807, 2.05) is 0 Å². The standard InChI is InChI=1S/C9H12N2O3/c1-2-14-9-6(4-3-5-11-9)7(12)8(10)13/h3-5,7,12H,2H2,1H3,(H2,10,13). The maximum atomic E-state index is 10.7. The fourth-order valence-electron chi connectivity index (χ4n) is 1.02. The number of primary amides is 1. The van der Waals surface area contributed by atoms with Crippen LogP contribution in [0.15, 0.2) is 18.3 Å². The molecule has 1 amide bonds. The molecule has 0 saturated carbocycles. The Morgan fingerprint density at radius 1 is 1.79 bits per heavy atom. The van der Waals surface area contributed by atoms with E-state index in [4.69, 9.17) is 10.5 Å². The Balaban J connectivity index is 3.00. The van der Waals surface area contributed by atoms with E-state index < -0.39 is 12.0 Å².